The molecule has 2 aliphatic heterocycles. The Bertz CT molecular complexity index is 2700. The number of nitrogens with zero attached hydrogens (tertiary/aromatic N) is 1. The summed E-state index contributed by atoms with van der Waals surface area (Å²) in [6, 6.07) is 70.5. The first-order valence-electron chi connectivity index (χ1n) is 18.5. The van der Waals surface area contributed by atoms with Crippen LogP contribution in [0.25, 0.3) is 44.5 Å². The fourth-order valence-electron chi connectivity index (χ4n) is 9.49. The molecular weight excluding hydrogens is 659 g/mol. The van der Waals surface area contributed by atoms with E-state index in [1.165, 1.54) is 86.6 Å². The molecule has 2 heteroatoms. The monoisotopic (exact) mass is 695 g/mol. The molecule has 53 heavy (non-hydrogen) atoms. The lowest BCUT2D eigenvalue weighted by molar-refractivity contribution is 0.660. The first-order chi connectivity index (χ1) is 26.1. The van der Waals surface area contributed by atoms with Gasteiger partial charge in [-0.1, -0.05) is 153 Å². The van der Waals surface area contributed by atoms with E-state index < -0.39 is 10.0 Å². The Morgan fingerprint density at radius 2 is 0.868 bits per heavy atom. The molecule has 0 N–H and O–H groups in total. The molecule has 0 fully saturated rings. The molecule has 252 valence electrons. The maximum atomic E-state index is 2.54. The maximum Gasteiger partial charge on any atom is 0.0543 e. The van der Waals surface area contributed by atoms with Crippen molar-refractivity contribution in [1.29, 1.82) is 0 Å². The zero-order valence-corrected chi connectivity index (χ0v) is 30.6. The van der Waals surface area contributed by atoms with Crippen molar-refractivity contribution < 1.29 is 0 Å². The summed E-state index contributed by atoms with van der Waals surface area (Å²) < 4.78 is 0. The van der Waals surface area contributed by atoms with Crippen LogP contribution in [0.2, 0.25) is 0 Å². The smallest absolute Gasteiger partial charge is 0.0543 e. The minimum Gasteiger partial charge on any atom is -0.310 e. The fourth-order valence-corrected chi connectivity index (χ4v) is 14.1. The molecule has 3 aliphatic rings. The van der Waals surface area contributed by atoms with Gasteiger partial charge in [0.05, 0.1) is 5.69 Å². The van der Waals surface area contributed by atoms with Crippen LogP contribution in [-0.2, 0) is 5.41 Å². The van der Waals surface area contributed by atoms with E-state index in [4.69, 9.17) is 0 Å². The van der Waals surface area contributed by atoms with Crippen LogP contribution < -0.4 is 4.90 Å². The lowest BCUT2D eigenvalue weighted by Gasteiger charge is -2.37. The molecule has 8 aromatic carbocycles. The van der Waals surface area contributed by atoms with Gasteiger partial charge in [-0.2, -0.15) is 0 Å². The van der Waals surface area contributed by atoms with E-state index in [1.807, 2.05) is 0 Å². The maximum absolute atomic E-state index is 2.54. The quantitative estimate of drug-likeness (QED) is 0.177. The molecule has 1 nitrogen and oxygen atoms in total. The molecule has 0 saturated carbocycles. The van der Waals surface area contributed by atoms with Crippen molar-refractivity contribution in [2.75, 3.05) is 4.90 Å². The van der Waals surface area contributed by atoms with Gasteiger partial charge >= 0.3 is 0 Å². The minimum atomic E-state index is -1.73. The number of hydrogen-bond donors (Lipinski definition) is 0. The lowest BCUT2D eigenvalue weighted by Crippen LogP contribution is -2.16. The van der Waals surface area contributed by atoms with Gasteiger partial charge in [0.2, 0.25) is 0 Å². The number of rotatable bonds is 4. The van der Waals surface area contributed by atoms with Gasteiger partial charge in [0, 0.05) is 41.9 Å². The van der Waals surface area contributed by atoms with E-state index in [-0.39, 0.29) is 5.41 Å². The van der Waals surface area contributed by atoms with Crippen LogP contribution in [0, 0.1) is 0 Å². The van der Waals surface area contributed by atoms with Crippen LogP contribution in [0.15, 0.2) is 208 Å². The molecule has 0 atom stereocenters. The summed E-state index contributed by atoms with van der Waals surface area (Å²) in [5.41, 5.74) is 16.7. The van der Waals surface area contributed by atoms with E-state index in [0.717, 1.165) is 5.69 Å². The average Bonchev–Trinajstić information content (AvgIpc) is 3.78. The van der Waals surface area contributed by atoms with Crippen LogP contribution in [0.3, 0.4) is 0 Å². The number of fused-ring (bicyclic) bond motifs is 13. The van der Waals surface area contributed by atoms with Gasteiger partial charge in [0.25, 0.3) is 0 Å². The van der Waals surface area contributed by atoms with E-state index in [9.17, 15) is 0 Å². The summed E-state index contributed by atoms with van der Waals surface area (Å²) in [5.74, 6) is 0. The highest BCUT2D eigenvalue weighted by molar-refractivity contribution is 8.34. The number of benzene rings is 8. The summed E-state index contributed by atoms with van der Waals surface area (Å²) in [6.45, 7) is 4.74. The van der Waals surface area contributed by atoms with Gasteiger partial charge in [0.1, 0.15) is 0 Å². The van der Waals surface area contributed by atoms with Crippen molar-refractivity contribution in [2.24, 2.45) is 0 Å². The minimum absolute atomic E-state index is 0.101. The largest absolute Gasteiger partial charge is 0.310 e. The molecule has 2 heterocycles. The predicted molar refractivity (Wildman–Crippen MR) is 222 cm³/mol. The normalized spacial score (nSPS) is 15.1. The average molecular weight is 696 g/mol. The Morgan fingerprint density at radius 1 is 0.377 bits per heavy atom. The van der Waals surface area contributed by atoms with Crippen LogP contribution in [0.4, 0.5) is 17.1 Å². The Balaban J connectivity index is 1.19. The third-order valence-electron chi connectivity index (χ3n) is 11.8. The molecule has 0 radical (unpaired) electrons. The van der Waals surface area contributed by atoms with Gasteiger partial charge in [-0.05, 0) is 98.6 Å². The molecule has 0 saturated heterocycles. The topological polar surface area (TPSA) is 3.24 Å². The zero-order valence-electron chi connectivity index (χ0n) is 29.8. The molecule has 0 bridgehead atoms. The first-order valence-corrected chi connectivity index (χ1v) is 20.1. The second-order valence-corrected chi connectivity index (χ2v) is 17.9. The van der Waals surface area contributed by atoms with Crippen molar-refractivity contribution in [3.05, 3.63) is 199 Å². The van der Waals surface area contributed by atoms with Crippen molar-refractivity contribution in [3.8, 4) is 44.5 Å². The summed E-state index contributed by atoms with van der Waals surface area (Å²) in [4.78, 5) is 8.28. The highest BCUT2D eigenvalue weighted by Crippen LogP contribution is 2.85. The van der Waals surface area contributed by atoms with Gasteiger partial charge in [-0.15, -0.1) is 10.0 Å². The van der Waals surface area contributed by atoms with Crippen molar-refractivity contribution in [2.45, 2.75) is 38.8 Å². The fraction of sp³-hybridized carbons (Fsp3) is 0.0588. The van der Waals surface area contributed by atoms with Gasteiger partial charge in [-0.3, -0.25) is 0 Å². The highest BCUT2D eigenvalue weighted by atomic mass is 32.3. The molecule has 11 rings (SSSR count). The molecule has 0 aromatic heterocycles. The van der Waals surface area contributed by atoms with E-state index in [2.05, 4.69) is 207 Å². The Kier molecular flexibility index (Phi) is 6.45. The van der Waals surface area contributed by atoms with Crippen LogP contribution in [-0.4, -0.2) is 0 Å². The zero-order chi connectivity index (χ0) is 35.3. The van der Waals surface area contributed by atoms with Crippen LogP contribution in [0.5, 0.6) is 0 Å². The first kappa shape index (κ1) is 30.5. The standard InChI is InChI=1S/C51H37NS/c1-51(2)43-21-10-6-20-42(43)50-44(51)22-14-23-45(50)52(36-29-27-35(28-30-36)34-15-4-3-5-16-34)37-31-32-41-40-19-9-13-26-48(40)53(49(41)33-37)46-24-11-7-17-38(46)39-18-8-12-25-47(39)53/h3-33H,1-2H3. The third-order valence-corrected chi connectivity index (χ3v) is 15.9. The number of anilines is 3. The molecule has 1 spiro atoms. The van der Waals surface area contributed by atoms with E-state index in [1.54, 1.807) is 0 Å². The summed E-state index contributed by atoms with van der Waals surface area (Å²) in [5, 5.41) is 0. The van der Waals surface area contributed by atoms with Crippen molar-refractivity contribution in [1.82, 2.24) is 0 Å². The van der Waals surface area contributed by atoms with E-state index >= 15 is 0 Å². The molecule has 0 amide bonds. The second kappa shape index (κ2) is 11.2. The lowest BCUT2D eigenvalue weighted by atomic mass is 9.82. The molecular formula is C51H37NS. The SMILES string of the molecule is CC1(C)c2ccccc2-c2c(N(c3ccc(-c4ccccc4)cc3)c3ccc4c(c3)S3(c5ccccc5-c5ccccc53)c3ccccc3-4)cccc21. The molecule has 1 aliphatic carbocycles. The third kappa shape index (κ3) is 4.10. The molecule has 8 aromatic rings. The Morgan fingerprint density at radius 3 is 1.51 bits per heavy atom. The summed E-state index contributed by atoms with van der Waals surface area (Å²) >= 11 is 0. The van der Waals surface area contributed by atoms with Crippen LogP contribution >= 0.6 is 10.0 Å². The second-order valence-electron chi connectivity index (χ2n) is 14.9. The number of hydrogen-bond acceptors (Lipinski definition) is 1. The molecule has 0 unspecified atom stereocenters. The predicted octanol–water partition coefficient (Wildman–Crippen LogP) is 14.4. The van der Waals surface area contributed by atoms with Gasteiger partial charge in [0.15, 0.2) is 0 Å². The van der Waals surface area contributed by atoms with Gasteiger partial charge < -0.3 is 4.90 Å². The van der Waals surface area contributed by atoms with Crippen LogP contribution in [0.1, 0.15) is 25.0 Å². The highest BCUT2D eigenvalue weighted by Gasteiger charge is 2.48. The summed E-state index contributed by atoms with van der Waals surface area (Å²) in [6.07, 6.45) is 0. The van der Waals surface area contributed by atoms with Gasteiger partial charge in [-0.25, -0.2) is 0 Å². The Labute approximate surface area is 313 Å². The van der Waals surface area contributed by atoms with Crippen molar-refractivity contribution in [3.63, 3.8) is 0 Å². The van der Waals surface area contributed by atoms with Crippen molar-refractivity contribution >= 4 is 27.1 Å². The van der Waals surface area contributed by atoms with E-state index in [0.29, 0.717) is 0 Å². The summed E-state index contributed by atoms with van der Waals surface area (Å²) in [7, 11) is -1.73. The Hall–Kier alpha value is -6.09.